The molecule has 0 spiro atoms. The minimum absolute atomic E-state index is 0. The van der Waals surface area contributed by atoms with Gasteiger partial charge < -0.3 is 5.11 Å². The highest BCUT2D eigenvalue weighted by Crippen LogP contribution is 2.08. The van der Waals surface area contributed by atoms with Gasteiger partial charge in [0.05, 0.1) is 12.6 Å². The standard InChI is InChI=1S/C8H13NO.ClH/c1-2-5-9-6-3-8(10)4-7-9;/h1,8,10H,3-7H2;1H. The van der Waals surface area contributed by atoms with Gasteiger partial charge in [0.15, 0.2) is 0 Å². The molecule has 0 unspecified atom stereocenters. The molecule has 0 aromatic rings. The molecule has 1 heterocycles. The van der Waals surface area contributed by atoms with Crippen molar-refractivity contribution in [1.29, 1.82) is 0 Å². The van der Waals surface area contributed by atoms with Gasteiger partial charge in [0.2, 0.25) is 0 Å². The Morgan fingerprint density at radius 1 is 1.45 bits per heavy atom. The van der Waals surface area contributed by atoms with E-state index < -0.39 is 0 Å². The molecule has 2 nitrogen and oxygen atoms in total. The van der Waals surface area contributed by atoms with Crippen molar-refractivity contribution in [2.45, 2.75) is 18.9 Å². The van der Waals surface area contributed by atoms with E-state index in [2.05, 4.69) is 10.8 Å². The lowest BCUT2D eigenvalue weighted by Gasteiger charge is -2.27. The summed E-state index contributed by atoms with van der Waals surface area (Å²) in [6.07, 6.45) is 6.80. The van der Waals surface area contributed by atoms with Crippen LogP contribution in [0, 0.1) is 12.3 Å². The normalized spacial score (nSPS) is 20.4. The maximum absolute atomic E-state index is 9.12. The maximum Gasteiger partial charge on any atom is 0.0598 e. The minimum Gasteiger partial charge on any atom is -0.393 e. The largest absolute Gasteiger partial charge is 0.393 e. The molecule has 64 valence electrons. The molecule has 0 amide bonds. The van der Waals surface area contributed by atoms with Crippen LogP contribution in [-0.4, -0.2) is 35.7 Å². The molecule has 0 aromatic carbocycles. The van der Waals surface area contributed by atoms with Crippen LogP contribution < -0.4 is 0 Å². The average molecular weight is 176 g/mol. The Balaban J connectivity index is 0.000001000. The van der Waals surface area contributed by atoms with Crippen molar-refractivity contribution in [3.8, 4) is 12.3 Å². The van der Waals surface area contributed by atoms with Gasteiger partial charge in [0, 0.05) is 13.1 Å². The minimum atomic E-state index is -0.0889. The van der Waals surface area contributed by atoms with Gasteiger partial charge in [-0.25, -0.2) is 0 Å². The molecule has 1 aliphatic heterocycles. The number of aliphatic hydroxyl groups excluding tert-OH is 1. The van der Waals surface area contributed by atoms with Crippen molar-refractivity contribution in [3.05, 3.63) is 0 Å². The van der Waals surface area contributed by atoms with Gasteiger partial charge >= 0.3 is 0 Å². The van der Waals surface area contributed by atoms with Crippen LogP contribution in [-0.2, 0) is 0 Å². The van der Waals surface area contributed by atoms with Gasteiger partial charge in [-0.3, -0.25) is 4.90 Å². The third-order valence-electron chi connectivity index (χ3n) is 1.87. The lowest BCUT2D eigenvalue weighted by molar-refractivity contribution is 0.0889. The van der Waals surface area contributed by atoms with Crippen LogP contribution in [0.25, 0.3) is 0 Å². The third-order valence-corrected chi connectivity index (χ3v) is 1.87. The van der Waals surface area contributed by atoms with E-state index in [9.17, 15) is 0 Å². The molecule has 0 radical (unpaired) electrons. The third kappa shape index (κ3) is 3.62. The number of piperidine rings is 1. The number of nitrogens with zero attached hydrogens (tertiary/aromatic N) is 1. The number of terminal acetylenes is 1. The predicted molar refractivity (Wildman–Crippen MR) is 47.8 cm³/mol. The van der Waals surface area contributed by atoms with E-state index in [1.165, 1.54) is 0 Å². The fourth-order valence-electron chi connectivity index (χ4n) is 1.21. The Hall–Kier alpha value is -0.230. The molecule has 0 aliphatic carbocycles. The summed E-state index contributed by atoms with van der Waals surface area (Å²) in [6, 6.07) is 0. The summed E-state index contributed by atoms with van der Waals surface area (Å²) in [6.45, 7) is 2.63. The molecule has 1 saturated heterocycles. The number of hydrogen-bond acceptors (Lipinski definition) is 2. The zero-order valence-corrected chi connectivity index (χ0v) is 7.31. The van der Waals surface area contributed by atoms with Crippen LogP contribution in [0.1, 0.15) is 12.8 Å². The van der Waals surface area contributed by atoms with E-state index in [0.29, 0.717) is 0 Å². The van der Waals surface area contributed by atoms with Crippen LogP contribution >= 0.6 is 12.4 Å². The van der Waals surface area contributed by atoms with Gasteiger partial charge in [-0.2, -0.15) is 0 Å². The van der Waals surface area contributed by atoms with E-state index in [0.717, 1.165) is 32.5 Å². The summed E-state index contributed by atoms with van der Waals surface area (Å²) >= 11 is 0. The number of hydrogen-bond donors (Lipinski definition) is 1. The first-order valence-electron chi connectivity index (χ1n) is 3.67. The lowest BCUT2D eigenvalue weighted by Crippen LogP contribution is -2.35. The topological polar surface area (TPSA) is 23.5 Å². The van der Waals surface area contributed by atoms with Crippen LogP contribution in [0.4, 0.5) is 0 Å². The molecule has 0 bridgehead atoms. The zero-order valence-electron chi connectivity index (χ0n) is 6.49. The van der Waals surface area contributed by atoms with E-state index in [1.807, 2.05) is 0 Å². The Morgan fingerprint density at radius 2 is 2.00 bits per heavy atom. The summed E-state index contributed by atoms with van der Waals surface area (Å²) < 4.78 is 0. The molecule has 1 N–H and O–H groups in total. The number of aliphatic hydroxyl groups is 1. The molecule has 11 heavy (non-hydrogen) atoms. The first-order valence-corrected chi connectivity index (χ1v) is 3.67. The summed E-state index contributed by atoms with van der Waals surface area (Å²) in [5.41, 5.74) is 0. The summed E-state index contributed by atoms with van der Waals surface area (Å²) in [5.74, 6) is 2.60. The molecule has 1 fully saturated rings. The SMILES string of the molecule is C#CCN1CCC(O)CC1.Cl. The van der Waals surface area contributed by atoms with Gasteiger partial charge in [0.1, 0.15) is 0 Å². The van der Waals surface area contributed by atoms with E-state index in [1.54, 1.807) is 0 Å². The highest BCUT2D eigenvalue weighted by Gasteiger charge is 2.14. The van der Waals surface area contributed by atoms with E-state index in [4.69, 9.17) is 11.5 Å². The second-order valence-corrected chi connectivity index (χ2v) is 2.71. The summed E-state index contributed by atoms with van der Waals surface area (Å²) in [5, 5.41) is 9.12. The first kappa shape index (κ1) is 10.8. The Labute approximate surface area is 74.0 Å². The number of halogens is 1. The Kier molecular flexibility index (Phi) is 5.31. The lowest BCUT2D eigenvalue weighted by atomic mass is 10.1. The zero-order chi connectivity index (χ0) is 7.40. The van der Waals surface area contributed by atoms with Crippen molar-refractivity contribution in [1.82, 2.24) is 4.90 Å². The van der Waals surface area contributed by atoms with Crippen molar-refractivity contribution in [2.24, 2.45) is 0 Å². The van der Waals surface area contributed by atoms with Crippen LogP contribution in [0.2, 0.25) is 0 Å². The number of likely N-dealkylation sites (tertiary alicyclic amines) is 1. The van der Waals surface area contributed by atoms with Crippen molar-refractivity contribution in [3.63, 3.8) is 0 Å². The first-order chi connectivity index (χ1) is 4.83. The monoisotopic (exact) mass is 175 g/mol. The molecule has 3 heteroatoms. The van der Waals surface area contributed by atoms with Gasteiger partial charge in [-0.15, -0.1) is 18.8 Å². The van der Waals surface area contributed by atoms with Crippen LogP contribution in [0.15, 0.2) is 0 Å². The molecular formula is C8H14ClNO. The van der Waals surface area contributed by atoms with Crippen molar-refractivity contribution >= 4 is 12.4 Å². The summed E-state index contributed by atoms with van der Waals surface area (Å²) in [4.78, 5) is 2.19. The van der Waals surface area contributed by atoms with Crippen LogP contribution in [0.3, 0.4) is 0 Å². The fourth-order valence-corrected chi connectivity index (χ4v) is 1.21. The maximum atomic E-state index is 9.12. The van der Waals surface area contributed by atoms with E-state index >= 15 is 0 Å². The van der Waals surface area contributed by atoms with E-state index in [-0.39, 0.29) is 18.5 Å². The Morgan fingerprint density at radius 3 is 2.45 bits per heavy atom. The average Bonchev–Trinajstić information content (AvgIpc) is 1.95. The van der Waals surface area contributed by atoms with Crippen molar-refractivity contribution < 1.29 is 5.11 Å². The van der Waals surface area contributed by atoms with Gasteiger partial charge in [-0.1, -0.05) is 5.92 Å². The molecule has 0 aromatic heterocycles. The van der Waals surface area contributed by atoms with Gasteiger partial charge in [0.25, 0.3) is 0 Å². The highest BCUT2D eigenvalue weighted by molar-refractivity contribution is 5.85. The van der Waals surface area contributed by atoms with Gasteiger partial charge in [-0.05, 0) is 12.8 Å². The summed E-state index contributed by atoms with van der Waals surface area (Å²) in [7, 11) is 0. The second kappa shape index (κ2) is 5.42. The molecule has 1 rings (SSSR count). The molecular weight excluding hydrogens is 162 g/mol. The molecule has 0 saturated carbocycles. The second-order valence-electron chi connectivity index (χ2n) is 2.71. The molecule has 0 atom stereocenters. The Bertz CT molecular complexity index is 136. The number of rotatable bonds is 1. The highest BCUT2D eigenvalue weighted by atomic mass is 35.5. The van der Waals surface area contributed by atoms with Crippen LogP contribution in [0.5, 0.6) is 0 Å². The quantitative estimate of drug-likeness (QED) is 0.587. The smallest absolute Gasteiger partial charge is 0.0598 e. The van der Waals surface area contributed by atoms with Crippen molar-refractivity contribution in [2.75, 3.05) is 19.6 Å². The predicted octanol–water partition coefficient (Wildman–Crippen LogP) is 0.498. The molecule has 1 aliphatic rings. The fraction of sp³-hybridized carbons (Fsp3) is 0.750.